The molecule has 0 saturated heterocycles. The first-order valence-electron chi connectivity index (χ1n) is 11.6. The Labute approximate surface area is 194 Å². The predicted molar refractivity (Wildman–Crippen MR) is 129 cm³/mol. The number of aromatic nitrogens is 4. The summed E-state index contributed by atoms with van der Waals surface area (Å²) >= 11 is 1.47. The number of aryl methyl sites for hydroxylation is 2. The highest BCUT2D eigenvalue weighted by Gasteiger charge is 2.26. The average Bonchev–Trinajstić information content (AvgIpc) is 3.48. The summed E-state index contributed by atoms with van der Waals surface area (Å²) in [4.78, 5) is 17.2. The summed E-state index contributed by atoms with van der Waals surface area (Å²) in [5.41, 5.74) is 4.49. The molecular formula is C25H31N5OS. The van der Waals surface area contributed by atoms with Crippen LogP contribution in [0.15, 0.2) is 47.9 Å². The van der Waals surface area contributed by atoms with E-state index in [0.29, 0.717) is 6.04 Å². The number of hydrogen-bond acceptors (Lipinski definition) is 5. The number of hydrogen-bond donors (Lipinski definition) is 1. The molecule has 1 aliphatic carbocycles. The number of nitrogens with zero attached hydrogens (tertiary/aromatic N) is 4. The maximum atomic E-state index is 12.9. The predicted octanol–water partition coefficient (Wildman–Crippen LogP) is 4.99. The smallest absolute Gasteiger partial charge is 0.233 e. The van der Waals surface area contributed by atoms with E-state index in [1.165, 1.54) is 35.7 Å². The third-order valence-corrected chi connectivity index (χ3v) is 7.14. The fourth-order valence-electron chi connectivity index (χ4n) is 4.33. The molecule has 1 amide bonds. The molecule has 7 heteroatoms. The number of pyridine rings is 1. The Hall–Kier alpha value is -2.67. The first kappa shape index (κ1) is 22.5. The van der Waals surface area contributed by atoms with Crippen LogP contribution in [-0.4, -0.2) is 36.9 Å². The van der Waals surface area contributed by atoms with Gasteiger partial charge in [-0.3, -0.25) is 14.3 Å². The Morgan fingerprint density at radius 3 is 2.47 bits per heavy atom. The Kier molecular flexibility index (Phi) is 7.25. The Morgan fingerprint density at radius 2 is 1.84 bits per heavy atom. The largest absolute Gasteiger partial charge is 0.352 e. The molecule has 1 aromatic carbocycles. The van der Waals surface area contributed by atoms with Crippen molar-refractivity contribution in [3.63, 3.8) is 0 Å². The van der Waals surface area contributed by atoms with Crippen molar-refractivity contribution in [2.45, 2.75) is 75.7 Å². The molecule has 0 unspecified atom stereocenters. The lowest BCUT2D eigenvalue weighted by atomic mass is 10.0. The fraction of sp³-hybridized carbons (Fsp3) is 0.440. The van der Waals surface area contributed by atoms with Gasteiger partial charge >= 0.3 is 0 Å². The van der Waals surface area contributed by atoms with Crippen molar-refractivity contribution < 1.29 is 4.79 Å². The van der Waals surface area contributed by atoms with E-state index in [-0.39, 0.29) is 11.2 Å². The molecule has 6 nitrogen and oxygen atoms in total. The molecule has 1 fully saturated rings. The van der Waals surface area contributed by atoms with E-state index in [1.807, 2.05) is 25.3 Å². The molecule has 4 rings (SSSR count). The number of para-hydroxylation sites is 1. The number of nitrogens with one attached hydrogen (secondary N) is 1. The summed E-state index contributed by atoms with van der Waals surface area (Å²) in [6.45, 7) is 6.28. The number of amides is 1. The van der Waals surface area contributed by atoms with Crippen LogP contribution in [-0.2, 0) is 17.6 Å². The summed E-state index contributed by atoms with van der Waals surface area (Å²) in [6.07, 6.45) is 9.91. The van der Waals surface area contributed by atoms with Gasteiger partial charge in [0.15, 0.2) is 11.0 Å². The summed E-state index contributed by atoms with van der Waals surface area (Å²) in [5, 5.41) is 12.8. The highest BCUT2D eigenvalue weighted by atomic mass is 32.2. The lowest BCUT2D eigenvalue weighted by molar-refractivity contribution is -0.120. The third-order valence-electron chi connectivity index (χ3n) is 6.09. The lowest BCUT2D eigenvalue weighted by Crippen LogP contribution is -2.37. The van der Waals surface area contributed by atoms with Gasteiger partial charge in [0.05, 0.1) is 10.9 Å². The molecule has 1 atom stereocenters. The molecule has 0 aliphatic heterocycles. The van der Waals surface area contributed by atoms with E-state index in [0.717, 1.165) is 47.9 Å². The number of carbonyl (C=O) groups excluding carboxylic acids is 1. The van der Waals surface area contributed by atoms with Crippen LogP contribution in [0.1, 0.15) is 57.6 Å². The number of rotatable bonds is 8. The number of carbonyl (C=O) groups is 1. The molecular weight excluding hydrogens is 418 g/mol. The van der Waals surface area contributed by atoms with E-state index in [9.17, 15) is 4.79 Å². The molecule has 0 spiro atoms. The van der Waals surface area contributed by atoms with Crippen molar-refractivity contribution in [3.8, 4) is 17.1 Å². The van der Waals surface area contributed by atoms with Crippen molar-refractivity contribution in [3.05, 3.63) is 53.9 Å². The summed E-state index contributed by atoms with van der Waals surface area (Å²) in [5.74, 6) is 0.818. The second kappa shape index (κ2) is 10.3. The molecule has 1 N–H and O–H groups in total. The maximum absolute atomic E-state index is 12.9. The van der Waals surface area contributed by atoms with E-state index >= 15 is 0 Å². The standard InChI is InChI=1S/C25H31N5OS/c1-4-18-10-8-11-19(5-2)22(18)30-23(20-12-9-15-26-16-20)28-29-25(30)32-17(3)24(31)27-21-13-6-7-14-21/h8-12,15-17,21H,4-7,13-14H2,1-3H3,(H,27,31)/t17-/m1/s1. The van der Waals surface area contributed by atoms with Crippen LogP contribution < -0.4 is 5.32 Å². The van der Waals surface area contributed by atoms with Crippen LogP contribution in [0.2, 0.25) is 0 Å². The van der Waals surface area contributed by atoms with Crippen LogP contribution in [0.5, 0.6) is 0 Å². The average molecular weight is 450 g/mol. The Balaban J connectivity index is 1.74. The molecule has 1 aliphatic rings. The maximum Gasteiger partial charge on any atom is 0.233 e. The van der Waals surface area contributed by atoms with Gasteiger partial charge in [0.1, 0.15) is 0 Å². The normalized spacial score (nSPS) is 15.1. The second-order valence-electron chi connectivity index (χ2n) is 8.27. The first-order valence-corrected chi connectivity index (χ1v) is 12.4. The molecule has 1 saturated carbocycles. The van der Waals surface area contributed by atoms with E-state index in [4.69, 9.17) is 0 Å². The minimum absolute atomic E-state index is 0.0684. The molecule has 32 heavy (non-hydrogen) atoms. The zero-order chi connectivity index (χ0) is 22.5. The minimum atomic E-state index is -0.265. The van der Waals surface area contributed by atoms with Gasteiger partial charge in [-0.15, -0.1) is 10.2 Å². The quantitative estimate of drug-likeness (QED) is 0.490. The molecule has 0 radical (unpaired) electrons. The third kappa shape index (κ3) is 4.72. The van der Waals surface area contributed by atoms with Gasteiger partial charge in [-0.1, -0.05) is 56.7 Å². The van der Waals surface area contributed by atoms with Gasteiger partial charge in [-0.2, -0.15) is 0 Å². The van der Waals surface area contributed by atoms with Crippen LogP contribution in [0.25, 0.3) is 17.1 Å². The van der Waals surface area contributed by atoms with Crippen LogP contribution >= 0.6 is 11.8 Å². The van der Waals surface area contributed by atoms with Gasteiger partial charge in [-0.25, -0.2) is 0 Å². The zero-order valence-electron chi connectivity index (χ0n) is 19.0. The van der Waals surface area contributed by atoms with Crippen LogP contribution in [0.4, 0.5) is 0 Å². The van der Waals surface area contributed by atoms with Crippen LogP contribution in [0.3, 0.4) is 0 Å². The van der Waals surface area contributed by atoms with Crippen molar-refractivity contribution >= 4 is 17.7 Å². The zero-order valence-corrected chi connectivity index (χ0v) is 19.9. The Bertz CT molecular complexity index is 1040. The summed E-state index contributed by atoms with van der Waals surface area (Å²) in [6, 6.07) is 10.6. The molecule has 0 bridgehead atoms. The van der Waals surface area contributed by atoms with Gasteiger partial charge in [0.2, 0.25) is 5.91 Å². The number of benzene rings is 1. The van der Waals surface area contributed by atoms with E-state index in [2.05, 4.69) is 57.1 Å². The van der Waals surface area contributed by atoms with Gasteiger partial charge in [0, 0.05) is 24.0 Å². The van der Waals surface area contributed by atoms with Gasteiger partial charge in [0.25, 0.3) is 0 Å². The van der Waals surface area contributed by atoms with Crippen molar-refractivity contribution in [2.24, 2.45) is 0 Å². The molecule has 3 aromatic rings. The van der Waals surface area contributed by atoms with Crippen molar-refractivity contribution in [2.75, 3.05) is 0 Å². The van der Waals surface area contributed by atoms with Crippen molar-refractivity contribution in [1.82, 2.24) is 25.1 Å². The van der Waals surface area contributed by atoms with Gasteiger partial charge < -0.3 is 5.32 Å². The highest BCUT2D eigenvalue weighted by molar-refractivity contribution is 8.00. The SMILES string of the molecule is CCc1cccc(CC)c1-n1c(S[C@H](C)C(=O)NC2CCCC2)nnc1-c1cccnc1. The van der Waals surface area contributed by atoms with Crippen molar-refractivity contribution in [1.29, 1.82) is 0 Å². The molecule has 2 aromatic heterocycles. The fourth-order valence-corrected chi connectivity index (χ4v) is 5.19. The topological polar surface area (TPSA) is 72.7 Å². The monoisotopic (exact) mass is 449 g/mol. The number of thioether (sulfide) groups is 1. The summed E-state index contributed by atoms with van der Waals surface area (Å²) in [7, 11) is 0. The van der Waals surface area contributed by atoms with Crippen LogP contribution in [0, 0.1) is 0 Å². The minimum Gasteiger partial charge on any atom is -0.352 e. The van der Waals surface area contributed by atoms with Gasteiger partial charge in [-0.05, 0) is 55.9 Å². The summed E-state index contributed by atoms with van der Waals surface area (Å²) < 4.78 is 2.12. The first-order chi connectivity index (χ1) is 15.6. The second-order valence-corrected chi connectivity index (χ2v) is 9.57. The highest BCUT2D eigenvalue weighted by Crippen LogP contribution is 2.33. The molecule has 2 heterocycles. The molecule has 168 valence electrons. The van der Waals surface area contributed by atoms with E-state index in [1.54, 1.807) is 6.20 Å². The lowest BCUT2D eigenvalue weighted by Gasteiger charge is -2.20. The Morgan fingerprint density at radius 1 is 1.12 bits per heavy atom. The van der Waals surface area contributed by atoms with E-state index < -0.39 is 0 Å².